The van der Waals surface area contributed by atoms with Crippen LogP contribution < -0.4 is 0 Å². The van der Waals surface area contributed by atoms with Gasteiger partial charge in [0.25, 0.3) is 0 Å². The fraction of sp³-hybridized carbons (Fsp3) is 0.308. The van der Waals surface area contributed by atoms with Crippen LogP contribution in [-0.2, 0) is 0 Å². The fourth-order valence-electron chi connectivity index (χ4n) is 1.71. The van der Waals surface area contributed by atoms with E-state index in [-0.39, 0.29) is 0 Å². The number of aromatic nitrogens is 3. The van der Waals surface area contributed by atoms with Gasteiger partial charge in [0.1, 0.15) is 12.2 Å². The summed E-state index contributed by atoms with van der Waals surface area (Å²) >= 11 is 0. The van der Waals surface area contributed by atoms with Gasteiger partial charge < -0.3 is 0 Å². The van der Waals surface area contributed by atoms with Gasteiger partial charge in [-0.1, -0.05) is 38.1 Å². The van der Waals surface area contributed by atoms with E-state index in [0.29, 0.717) is 5.92 Å². The minimum atomic E-state index is 0.466. The van der Waals surface area contributed by atoms with E-state index in [1.165, 1.54) is 5.56 Å². The topological polar surface area (TPSA) is 38.7 Å². The molecular formula is C13H15N3. The Kier molecular flexibility index (Phi) is 2.95. The van der Waals surface area contributed by atoms with E-state index in [1.54, 1.807) is 6.33 Å². The summed E-state index contributed by atoms with van der Waals surface area (Å²) in [7, 11) is 0. The summed E-state index contributed by atoms with van der Waals surface area (Å²) in [6.07, 6.45) is 1.56. The third-order valence-corrected chi connectivity index (χ3v) is 2.52. The molecule has 0 unspecified atom stereocenters. The lowest BCUT2D eigenvalue weighted by atomic mass is 9.97. The molecular weight excluding hydrogens is 198 g/mol. The zero-order chi connectivity index (χ0) is 11.5. The molecule has 0 radical (unpaired) electrons. The van der Waals surface area contributed by atoms with E-state index in [1.807, 2.05) is 19.1 Å². The first-order chi connectivity index (χ1) is 7.68. The molecule has 16 heavy (non-hydrogen) atoms. The first-order valence-electron chi connectivity index (χ1n) is 5.43. The van der Waals surface area contributed by atoms with Gasteiger partial charge in [0.2, 0.25) is 0 Å². The molecule has 0 saturated carbocycles. The van der Waals surface area contributed by atoms with Crippen molar-refractivity contribution in [3.8, 4) is 11.4 Å². The van der Waals surface area contributed by atoms with Crippen molar-refractivity contribution in [3.05, 3.63) is 42.0 Å². The predicted molar refractivity (Wildman–Crippen MR) is 64.1 cm³/mol. The Hall–Kier alpha value is -1.77. The molecule has 0 aliphatic carbocycles. The molecule has 1 aromatic carbocycles. The third-order valence-electron chi connectivity index (χ3n) is 2.52. The highest BCUT2D eigenvalue weighted by Crippen LogP contribution is 2.26. The van der Waals surface area contributed by atoms with Crippen LogP contribution in [-0.4, -0.2) is 15.0 Å². The molecule has 0 aliphatic rings. The molecule has 1 aromatic heterocycles. The average Bonchev–Trinajstić information content (AvgIpc) is 2.29. The van der Waals surface area contributed by atoms with Crippen molar-refractivity contribution in [1.29, 1.82) is 0 Å². The normalized spacial score (nSPS) is 10.8. The van der Waals surface area contributed by atoms with Crippen molar-refractivity contribution in [1.82, 2.24) is 15.0 Å². The Morgan fingerprint density at radius 2 is 1.81 bits per heavy atom. The molecule has 2 aromatic rings. The van der Waals surface area contributed by atoms with Crippen LogP contribution in [0.4, 0.5) is 0 Å². The van der Waals surface area contributed by atoms with Gasteiger partial charge in [-0.05, 0) is 18.4 Å². The Labute approximate surface area is 95.6 Å². The maximum atomic E-state index is 4.36. The minimum absolute atomic E-state index is 0.466. The van der Waals surface area contributed by atoms with Crippen molar-refractivity contribution in [2.75, 3.05) is 0 Å². The van der Waals surface area contributed by atoms with Crippen LogP contribution in [0.25, 0.3) is 11.4 Å². The van der Waals surface area contributed by atoms with Crippen LogP contribution in [0, 0.1) is 6.92 Å². The molecule has 1 heterocycles. The quantitative estimate of drug-likeness (QED) is 0.769. The lowest BCUT2D eigenvalue weighted by molar-refractivity contribution is 0.863. The molecule has 0 saturated heterocycles. The van der Waals surface area contributed by atoms with Gasteiger partial charge in [-0.2, -0.15) is 0 Å². The summed E-state index contributed by atoms with van der Waals surface area (Å²) in [5.74, 6) is 1.98. The monoisotopic (exact) mass is 213 g/mol. The lowest BCUT2D eigenvalue weighted by Crippen LogP contribution is -1.98. The molecule has 0 bridgehead atoms. The molecule has 2 rings (SSSR count). The van der Waals surface area contributed by atoms with E-state index < -0.39 is 0 Å². The second kappa shape index (κ2) is 4.39. The standard InChI is InChI=1S/C13H15N3/c1-9(2)11-6-4-5-7-12(11)13-15-8-14-10(3)16-13/h4-9H,1-3H3. The number of rotatable bonds is 2. The number of nitrogens with zero attached hydrogens (tertiary/aromatic N) is 3. The maximum absolute atomic E-state index is 4.36. The molecule has 0 N–H and O–H groups in total. The average molecular weight is 213 g/mol. The second-order valence-electron chi connectivity index (χ2n) is 4.10. The number of hydrogen-bond donors (Lipinski definition) is 0. The predicted octanol–water partition coefficient (Wildman–Crippen LogP) is 2.97. The highest BCUT2D eigenvalue weighted by Gasteiger charge is 2.09. The minimum Gasteiger partial charge on any atom is -0.222 e. The van der Waals surface area contributed by atoms with Crippen LogP contribution in [0.3, 0.4) is 0 Å². The van der Waals surface area contributed by atoms with Crippen LogP contribution in [0.2, 0.25) is 0 Å². The Balaban J connectivity index is 2.55. The Bertz CT molecular complexity index is 492. The summed E-state index contributed by atoms with van der Waals surface area (Å²) < 4.78 is 0. The van der Waals surface area contributed by atoms with E-state index in [0.717, 1.165) is 17.2 Å². The highest BCUT2D eigenvalue weighted by atomic mass is 15.0. The van der Waals surface area contributed by atoms with E-state index in [2.05, 4.69) is 40.9 Å². The van der Waals surface area contributed by atoms with Crippen molar-refractivity contribution < 1.29 is 0 Å². The number of hydrogen-bond acceptors (Lipinski definition) is 3. The SMILES string of the molecule is Cc1ncnc(-c2ccccc2C(C)C)n1. The molecule has 0 amide bonds. The first-order valence-corrected chi connectivity index (χ1v) is 5.43. The summed E-state index contributed by atoms with van der Waals surface area (Å²) in [4.78, 5) is 12.6. The Morgan fingerprint density at radius 1 is 1.06 bits per heavy atom. The van der Waals surface area contributed by atoms with Crippen LogP contribution in [0.5, 0.6) is 0 Å². The smallest absolute Gasteiger partial charge is 0.163 e. The molecule has 0 fully saturated rings. The first kappa shape index (κ1) is 10.7. The summed E-state index contributed by atoms with van der Waals surface area (Å²) in [5.41, 5.74) is 2.37. The summed E-state index contributed by atoms with van der Waals surface area (Å²) in [5, 5.41) is 0. The molecule has 3 nitrogen and oxygen atoms in total. The van der Waals surface area contributed by atoms with Gasteiger partial charge in [-0.25, -0.2) is 15.0 Å². The van der Waals surface area contributed by atoms with E-state index in [4.69, 9.17) is 0 Å². The lowest BCUT2D eigenvalue weighted by Gasteiger charge is -2.11. The largest absolute Gasteiger partial charge is 0.222 e. The summed E-state index contributed by atoms with van der Waals surface area (Å²) in [6, 6.07) is 8.25. The van der Waals surface area contributed by atoms with Gasteiger partial charge >= 0.3 is 0 Å². The van der Waals surface area contributed by atoms with E-state index >= 15 is 0 Å². The molecule has 3 heteroatoms. The van der Waals surface area contributed by atoms with Gasteiger partial charge in [-0.15, -0.1) is 0 Å². The van der Waals surface area contributed by atoms with Gasteiger partial charge in [0.05, 0.1) is 0 Å². The zero-order valence-electron chi connectivity index (χ0n) is 9.81. The van der Waals surface area contributed by atoms with Crippen LogP contribution >= 0.6 is 0 Å². The van der Waals surface area contributed by atoms with Crippen LogP contribution in [0.15, 0.2) is 30.6 Å². The Morgan fingerprint density at radius 3 is 2.50 bits per heavy atom. The van der Waals surface area contributed by atoms with E-state index in [9.17, 15) is 0 Å². The maximum Gasteiger partial charge on any atom is 0.163 e. The van der Waals surface area contributed by atoms with Crippen molar-refractivity contribution >= 4 is 0 Å². The fourth-order valence-corrected chi connectivity index (χ4v) is 1.71. The summed E-state index contributed by atoms with van der Waals surface area (Å²) in [6.45, 7) is 6.23. The third kappa shape index (κ3) is 2.08. The number of benzene rings is 1. The van der Waals surface area contributed by atoms with Crippen molar-refractivity contribution in [3.63, 3.8) is 0 Å². The van der Waals surface area contributed by atoms with Gasteiger partial charge in [0.15, 0.2) is 5.82 Å². The zero-order valence-corrected chi connectivity index (χ0v) is 9.81. The highest BCUT2D eigenvalue weighted by molar-refractivity contribution is 5.60. The van der Waals surface area contributed by atoms with Gasteiger partial charge in [-0.3, -0.25) is 0 Å². The van der Waals surface area contributed by atoms with Crippen LogP contribution in [0.1, 0.15) is 31.2 Å². The van der Waals surface area contributed by atoms with Gasteiger partial charge in [0, 0.05) is 5.56 Å². The van der Waals surface area contributed by atoms with Crippen molar-refractivity contribution in [2.45, 2.75) is 26.7 Å². The second-order valence-corrected chi connectivity index (χ2v) is 4.10. The molecule has 0 spiro atoms. The number of aryl methyl sites for hydroxylation is 1. The molecule has 0 atom stereocenters. The van der Waals surface area contributed by atoms with Crippen molar-refractivity contribution in [2.24, 2.45) is 0 Å². The molecule has 0 aliphatic heterocycles. The molecule has 82 valence electrons.